The van der Waals surface area contributed by atoms with Crippen LogP contribution in [0.4, 0.5) is 0 Å². The largest absolute Gasteiger partial charge is 0.466 e. The number of carbonyl (C=O) groups excluding carboxylic acids is 2. The summed E-state index contributed by atoms with van der Waals surface area (Å²) in [4.78, 5) is 24.6. The zero-order valence-corrected chi connectivity index (χ0v) is 52.5. The topological polar surface area (TPSA) is 95.9 Å². The first-order valence-corrected chi connectivity index (χ1v) is 35.4. The highest BCUT2D eigenvalue weighted by molar-refractivity contribution is 5.76. The number of nitrogens with one attached hydrogen (secondary N) is 1. The van der Waals surface area contributed by atoms with Gasteiger partial charge in [0.15, 0.2) is 0 Å². The van der Waals surface area contributed by atoms with E-state index in [9.17, 15) is 19.8 Å². The van der Waals surface area contributed by atoms with Crippen molar-refractivity contribution >= 4 is 11.9 Å². The zero-order valence-electron chi connectivity index (χ0n) is 52.5. The first kappa shape index (κ1) is 75.6. The highest BCUT2D eigenvalue weighted by Crippen LogP contribution is 2.19. The second kappa shape index (κ2) is 67.1. The molecule has 0 fully saturated rings. The average molecular weight is 1090 g/mol. The Labute approximate surface area is 482 Å². The van der Waals surface area contributed by atoms with Gasteiger partial charge in [0, 0.05) is 12.8 Å². The number of aliphatic hydroxyl groups excluding tert-OH is 2. The summed E-state index contributed by atoms with van der Waals surface area (Å²) in [5.74, 6) is -0.0139. The molecule has 0 heterocycles. The average Bonchev–Trinajstić information content (AvgIpc) is 3.43. The number of rotatable bonds is 67. The van der Waals surface area contributed by atoms with E-state index >= 15 is 0 Å². The Morgan fingerprint density at radius 2 is 0.610 bits per heavy atom. The standard InChI is InChI=1S/C71H139NO5/c1-3-5-7-9-11-13-15-17-18-38-41-45-49-53-57-61-65-71(76)77-66-62-58-54-50-46-42-39-36-34-32-30-28-26-24-22-20-19-21-23-25-27-29-31-33-35-37-40-44-48-52-56-60-64-70(75)72-68(67-73)69(74)63-59-55-51-47-43-16-14-12-10-8-6-4-2/h18,38,68-69,73-74H,3-17,19-37,39-67H2,1-2H3,(H,72,75)/b38-18-. The van der Waals surface area contributed by atoms with Gasteiger partial charge in [-0.15, -0.1) is 0 Å². The molecule has 0 rings (SSSR count). The Morgan fingerprint density at radius 1 is 0.351 bits per heavy atom. The third kappa shape index (κ3) is 63.6. The van der Waals surface area contributed by atoms with Crippen molar-refractivity contribution in [3.8, 4) is 0 Å². The van der Waals surface area contributed by atoms with Gasteiger partial charge in [0.1, 0.15) is 0 Å². The molecule has 0 aliphatic rings. The third-order valence-electron chi connectivity index (χ3n) is 16.8. The number of aliphatic hydroxyl groups is 2. The van der Waals surface area contributed by atoms with E-state index in [0.29, 0.717) is 25.9 Å². The van der Waals surface area contributed by atoms with Crippen LogP contribution in [0.25, 0.3) is 0 Å². The highest BCUT2D eigenvalue weighted by atomic mass is 16.5. The molecule has 2 unspecified atom stereocenters. The predicted octanol–water partition coefficient (Wildman–Crippen LogP) is 22.8. The van der Waals surface area contributed by atoms with Crippen molar-refractivity contribution in [1.82, 2.24) is 5.32 Å². The highest BCUT2D eigenvalue weighted by Gasteiger charge is 2.20. The van der Waals surface area contributed by atoms with Gasteiger partial charge in [-0.3, -0.25) is 9.59 Å². The van der Waals surface area contributed by atoms with Crippen LogP contribution >= 0.6 is 0 Å². The van der Waals surface area contributed by atoms with Gasteiger partial charge in [-0.25, -0.2) is 0 Å². The van der Waals surface area contributed by atoms with E-state index < -0.39 is 12.1 Å². The smallest absolute Gasteiger partial charge is 0.305 e. The van der Waals surface area contributed by atoms with Gasteiger partial charge >= 0.3 is 5.97 Å². The summed E-state index contributed by atoms with van der Waals surface area (Å²) in [5, 5.41) is 23.3. The molecule has 0 aromatic heterocycles. The second-order valence-corrected chi connectivity index (χ2v) is 24.6. The van der Waals surface area contributed by atoms with Crippen molar-refractivity contribution in [3.63, 3.8) is 0 Å². The van der Waals surface area contributed by atoms with Crippen LogP contribution in [-0.4, -0.2) is 47.4 Å². The van der Waals surface area contributed by atoms with Crippen LogP contribution in [-0.2, 0) is 14.3 Å². The molecule has 0 aromatic rings. The molecule has 0 aliphatic heterocycles. The first-order valence-electron chi connectivity index (χ1n) is 35.4. The summed E-state index contributed by atoms with van der Waals surface area (Å²) in [7, 11) is 0. The fourth-order valence-corrected chi connectivity index (χ4v) is 11.4. The van der Waals surface area contributed by atoms with Crippen molar-refractivity contribution in [3.05, 3.63) is 12.2 Å². The van der Waals surface area contributed by atoms with E-state index in [0.717, 1.165) is 44.9 Å². The number of amides is 1. The number of allylic oxidation sites excluding steroid dienone is 2. The van der Waals surface area contributed by atoms with Crippen LogP contribution in [0, 0.1) is 0 Å². The minimum absolute atomic E-state index is 0.0146. The van der Waals surface area contributed by atoms with E-state index in [1.165, 1.54) is 327 Å². The van der Waals surface area contributed by atoms with Gasteiger partial charge in [0.05, 0.1) is 25.4 Å². The molecule has 1 amide bonds. The zero-order chi connectivity index (χ0) is 55.7. The summed E-state index contributed by atoms with van der Waals surface area (Å²) in [6, 6.07) is -0.536. The van der Waals surface area contributed by atoms with Crippen LogP contribution in [0.15, 0.2) is 12.2 Å². The minimum atomic E-state index is -0.659. The van der Waals surface area contributed by atoms with E-state index in [1.54, 1.807) is 0 Å². The molecule has 6 nitrogen and oxygen atoms in total. The fraction of sp³-hybridized carbons (Fsp3) is 0.944. The molecule has 2 atom stereocenters. The molecule has 0 aliphatic carbocycles. The Bertz CT molecular complexity index is 1160. The molecular formula is C71H139NO5. The maximum Gasteiger partial charge on any atom is 0.305 e. The van der Waals surface area contributed by atoms with E-state index in [2.05, 4.69) is 31.3 Å². The van der Waals surface area contributed by atoms with Crippen molar-refractivity contribution in [2.24, 2.45) is 0 Å². The number of hydrogen-bond donors (Lipinski definition) is 3. The first-order chi connectivity index (χ1) is 38.0. The Kier molecular flexibility index (Phi) is 65.9. The van der Waals surface area contributed by atoms with Crippen LogP contribution in [0.1, 0.15) is 406 Å². The molecule has 0 spiro atoms. The monoisotopic (exact) mass is 1090 g/mol. The quantitative estimate of drug-likeness (QED) is 0.0320. The van der Waals surface area contributed by atoms with E-state index in [4.69, 9.17) is 4.74 Å². The van der Waals surface area contributed by atoms with Crippen molar-refractivity contribution < 1.29 is 24.5 Å². The van der Waals surface area contributed by atoms with Crippen molar-refractivity contribution in [2.75, 3.05) is 13.2 Å². The van der Waals surface area contributed by atoms with Crippen molar-refractivity contribution in [1.29, 1.82) is 0 Å². The third-order valence-corrected chi connectivity index (χ3v) is 16.8. The van der Waals surface area contributed by atoms with Crippen LogP contribution in [0.3, 0.4) is 0 Å². The molecular weight excluding hydrogens is 947 g/mol. The molecule has 0 radical (unpaired) electrons. The molecule has 458 valence electrons. The van der Waals surface area contributed by atoms with Gasteiger partial charge in [-0.05, 0) is 51.4 Å². The number of ether oxygens (including phenoxy) is 1. The second-order valence-electron chi connectivity index (χ2n) is 24.6. The summed E-state index contributed by atoms with van der Waals surface area (Å²) < 4.78 is 5.50. The summed E-state index contributed by atoms with van der Waals surface area (Å²) in [6.07, 6.45) is 82.8. The van der Waals surface area contributed by atoms with Gasteiger partial charge < -0.3 is 20.3 Å². The number of esters is 1. The van der Waals surface area contributed by atoms with E-state index in [1.807, 2.05) is 0 Å². The summed E-state index contributed by atoms with van der Waals surface area (Å²) >= 11 is 0. The van der Waals surface area contributed by atoms with Gasteiger partial charge in [-0.1, -0.05) is 353 Å². The van der Waals surface area contributed by atoms with Crippen LogP contribution in [0.2, 0.25) is 0 Å². The molecule has 0 aromatic carbocycles. The van der Waals surface area contributed by atoms with Crippen LogP contribution in [0.5, 0.6) is 0 Å². The number of carbonyl (C=O) groups is 2. The lowest BCUT2D eigenvalue weighted by Crippen LogP contribution is -2.45. The lowest BCUT2D eigenvalue weighted by atomic mass is 10.0. The molecule has 77 heavy (non-hydrogen) atoms. The van der Waals surface area contributed by atoms with Crippen molar-refractivity contribution in [2.45, 2.75) is 418 Å². The van der Waals surface area contributed by atoms with Gasteiger partial charge in [0.25, 0.3) is 0 Å². The normalized spacial score (nSPS) is 12.5. The van der Waals surface area contributed by atoms with E-state index in [-0.39, 0.29) is 18.5 Å². The Balaban J connectivity index is 3.29. The molecule has 0 saturated carbocycles. The Morgan fingerprint density at radius 3 is 0.922 bits per heavy atom. The van der Waals surface area contributed by atoms with Crippen LogP contribution < -0.4 is 5.32 Å². The number of unbranched alkanes of at least 4 members (excludes halogenated alkanes) is 54. The van der Waals surface area contributed by atoms with Gasteiger partial charge in [-0.2, -0.15) is 0 Å². The summed E-state index contributed by atoms with van der Waals surface area (Å²) in [5.41, 5.74) is 0. The molecule has 0 bridgehead atoms. The summed E-state index contributed by atoms with van der Waals surface area (Å²) in [6.45, 7) is 4.98. The maximum atomic E-state index is 12.5. The molecule has 3 N–H and O–H groups in total. The maximum absolute atomic E-state index is 12.5. The van der Waals surface area contributed by atoms with Gasteiger partial charge in [0.2, 0.25) is 5.91 Å². The minimum Gasteiger partial charge on any atom is -0.466 e. The molecule has 0 saturated heterocycles. The Hall–Kier alpha value is -1.40. The predicted molar refractivity (Wildman–Crippen MR) is 338 cm³/mol. The number of hydrogen-bond acceptors (Lipinski definition) is 5. The molecule has 6 heteroatoms. The lowest BCUT2D eigenvalue weighted by molar-refractivity contribution is -0.143. The lowest BCUT2D eigenvalue weighted by Gasteiger charge is -2.22. The SMILES string of the molecule is CCCCCCCCC/C=C\CCCCCCCC(=O)OCCCCCCCCCCCCCCCCCCCCCCCCCCCCCCCCCCC(=O)NC(CO)C(O)CCCCCCCCCCCCCC. The fourth-order valence-electron chi connectivity index (χ4n) is 11.4.